The average Bonchev–Trinajstić information content (AvgIpc) is 2.57. The van der Waals surface area contributed by atoms with Crippen LogP contribution in [0.1, 0.15) is 38.7 Å². The van der Waals surface area contributed by atoms with Crippen LogP contribution < -0.4 is 10.2 Å². The molecule has 0 saturated carbocycles. The summed E-state index contributed by atoms with van der Waals surface area (Å²) in [5.74, 6) is 0. The van der Waals surface area contributed by atoms with E-state index < -0.39 is 0 Å². The van der Waals surface area contributed by atoms with E-state index >= 15 is 0 Å². The lowest BCUT2D eigenvalue weighted by atomic mass is 10.0. The van der Waals surface area contributed by atoms with Crippen LogP contribution in [0, 0.1) is 0 Å². The van der Waals surface area contributed by atoms with Gasteiger partial charge in [0.15, 0.2) is 0 Å². The molecule has 0 bridgehead atoms. The fraction of sp³-hybridized carbons (Fsp3) is 0.647. The van der Waals surface area contributed by atoms with Gasteiger partial charge in [0.05, 0.1) is 6.10 Å². The number of anilines is 1. The van der Waals surface area contributed by atoms with Crippen LogP contribution in [0.25, 0.3) is 0 Å². The van der Waals surface area contributed by atoms with E-state index in [1.807, 2.05) is 0 Å². The SMILES string of the molecule is CC1(C)CN(CC2CCCCO2)c2ccccc2CN1. The van der Waals surface area contributed by atoms with Crippen molar-refractivity contribution in [1.29, 1.82) is 0 Å². The number of para-hydroxylation sites is 1. The van der Waals surface area contributed by atoms with E-state index in [4.69, 9.17) is 4.74 Å². The van der Waals surface area contributed by atoms with Gasteiger partial charge in [0.2, 0.25) is 0 Å². The molecule has 1 aromatic carbocycles. The third-order valence-corrected chi connectivity index (χ3v) is 4.37. The van der Waals surface area contributed by atoms with Gasteiger partial charge in [-0.3, -0.25) is 0 Å². The zero-order valence-electron chi connectivity index (χ0n) is 12.7. The number of fused-ring (bicyclic) bond motifs is 1. The van der Waals surface area contributed by atoms with Gasteiger partial charge in [-0.2, -0.15) is 0 Å². The molecule has 3 nitrogen and oxygen atoms in total. The average molecular weight is 274 g/mol. The molecule has 0 aromatic heterocycles. The first kappa shape index (κ1) is 13.9. The highest BCUT2D eigenvalue weighted by Gasteiger charge is 2.28. The Morgan fingerprint density at radius 1 is 1.30 bits per heavy atom. The number of nitrogens with one attached hydrogen (secondary N) is 1. The molecule has 2 heterocycles. The molecule has 1 N–H and O–H groups in total. The summed E-state index contributed by atoms with van der Waals surface area (Å²) in [4.78, 5) is 2.52. The molecule has 2 aliphatic rings. The van der Waals surface area contributed by atoms with E-state index in [1.54, 1.807) is 0 Å². The topological polar surface area (TPSA) is 24.5 Å². The molecule has 3 rings (SSSR count). The smallest absolute Gasteiger partial charge is 0.0749 e. The van der Waals surface area contributed by atoms with E-state index in [1.165, 1.54) is 30.5 Å². The number of hydrogen-bond acceptors (Lipinski definition) is 3. The molecule has 0 amide bonds. The Labute approximate surface area is 122 Å². The third kappa shape index (κ3) is 3.15. The van der Waals surface area contributed by atoms with E-state index in [-0.39, 0.29) is 5.54 Å². The molecule has 0 spiro atoms. The number of hydrogen-bond donors (Lipinski definition) is 1. The minimum absolute atomic E-state index is 0.133. The van der Waals surface area contributed by atoms with Gasteiger partial charge in [-0.15, -0.1) is 0 Å². The van der Waals surface area contributed by atoms with E-state index in [0.29, 0.717) is 6.10 Å². The molecule has 1 saturated heterocycles. The van der Waals surface area contributed by atoms with Crippen LogP contribution in [-0.2, 0) is 11.3 Å². The molecular weight excluding hydrogens is 248 g/mol. The van der Waals surface area contributed by atoms with Crippen LogP contribution in [-0.4, -0.2) is 31.3 Å². The van der Waals surface area contributed by atoms with Gasteiger partial charge in [0, 0.05) is 37.5 Å². The molecule has 110 valence electrons. The fourth-order valence-corrected chi connectivity index (χ4v) is 3.28. The van der Waals surface area contributed by atoms with E-state index in [2.05, 4.69) is 48.3 Å². The lowest BCUT2D eigenvalue weighted by Crippen LogP contribution is -2.49. The Bertz CT molecular complexity index is 452. The second-order valence-corrected chi connectivity index (χ2v) is 6.74. The molecule has 1 aromatic rings. The van der Waals surface area contributed by atoms with Crippen molar-refractivity contribution in [3.8, 4) is 0 Å². The van der Waals surface area contributed by atoms with Gasteiger partial charge in [-0.25, -0.2) is 0 Å². The zero-order valence-corrected chi connectivity index (χ0v) is 12.7. The van der Waals surface area contributed by atoms with Gasteiger partial charge in [0.1, 0.15) is 0 Å². The van der Waals surface area contributed by atoms with Crippen molar-refractivity contribution in [2.24, 2.45) is 0 Å². The van der Waals surface area contributed by atoms with Crippen LogP contribution >= 0.6 is 0 Å². The molecule has 1 atom stereocenters. The first-order valence-corrected chi connectivity index (χ1v) is 7.83. The Morgan fingerprint density at radius 3 is 2.95 bits per heavy atom. The molecule has 0 radical (unpaired) electrons. The van der Waals surface area contributed by atoms with E-state index in [9.17, 15) is 0 Å². The van der Waals surface area contributed by atoms with Crippen LogP contribution in [0.15, 0.2) is 24.3 Å². The lowest BCUT2D eigenvalue weighted by molar-refractivity contribution is 0.0206. The summed E-state index contributed by atoms with van der Waals surface area (Å²) < 4.78 is 5.94. The minimum Gasteiger partial charge on any atom is -0.376 e. The highest BCUT2D eigenvalue weighted by Crippen LogP contribution is 2.27. The van der Waals surface area contributed by atoms with Crippen molar-refractivity contribution in [3.05, 3.63) is 29.8 Å². The standard InChI is InChI=1S/C17H26N2O/c1-17(2)13-19(12-15-8-5-6-10-20-15)16-9-4-3-7-14(16)11-18-17/h3-4,7,9,15,18H,5-6,8,10-13H2,1-2H3. The maximum absolute atomic E-state index is 5.94. The first-order chi connectivity index (χ1) is 9.64. The summed E-state index contributed by atoms with van der Waals surface area (Å²) in [6.07, 6.45) is 4.12. The van der Waals surface area contributed by atoms with Gasteiger partial charge in [-0.1, -0.05) is 18.2 Å². The van der Waals surface area contributed by atoms with Crippen molar-refractivity contribution in [3.63, 3.8) is 0 Å². The number of nitrogens with zero attached hydrogens (tertiary/aromatic N) is 1. The van der Waals surface area contributed by atoms with E-state index in [0.717, 1.165) is 26.2 Å². The molecule has 1 fully saturated rings. The minimum atomic E-state index is 0.133. The predicted molar refractivity (Wildman–Crippen MR) is 83.2 cm³/mol. The Balaban J connectivity index is 1.81. The zero-order chi connectivity index (χ0) is 14.0. The monoisotopic (exact) mass is 274 g/mol. The summed E-state index contributed by atoms with van der Waals surface area (Å²) >= 11 is 0. The second kappa shape index (κ2) is 5.74. The summed E-state index contributed by atoms with van der Waals surface area (Å²) in [7, 11) is 0. The molecule has 0 aliphatic carbocycles. The number of benzene rings is 1. The van der Waals surface area contributed by atoms with Crippen molar-refractivity contribution in [2.45, 2.75) is 51.3 Å². The maximum atomic E-state index is 5.94. The molecule has 3 heteroatoms. The molecular formula is C17H26N2O. The van der Waals surface area contributed by atoms with Crippen molar-refractivity contribution in [2.75, 3.05) is 24.6 Å². The van der Waals surface area contributed by atoms with Crippen molar-refractivity contribution >= 4 is 5.69 Å². The Kier molecular flexibility index (Phi) is 3.99. The first-order valence-electron chi connectivity index (χ1n) is 7.83. The summed E-state index contributed by atoms with van der Waals surface area (Å²) in [5, 5.41) is 3.66. The van der Waals surface area contributed by atoms with Gasteiger partial charge in [-0.05, 0) is 44.7 Å². The van der Waals surface area contributed by atoms with Crippen LogP contribution in [0.3, 0.4) is 0 Å². The largest absolute Gasteiger partial charge is 0.376 e. The Hall–Kier alpha value is -1.06. The summed E-state index contributed by atoms with van der Waals surface area (Å²) in [5.41, 5.74) is 2.90. The predicted octanol–water partition coefficient (Wildman–Crippen LogP) is 2.94. The van der Waals surface area contributed by atoms with Crippen molar-refractivity contribution < 1.29 is 4.74 Å². The number of rotatable bonds is 2. The number of ether oxygens (including phenoxy) is 1. The van der Waals surface area contributed by atoms with Crippen molar-refractivity contribution in [1.82, 2.24) is 5.32 Å². The van der Waals surface area contributed by atoms with Crippen LogP contribution in [0.4, 0.5) is 5.69 Å². The lowest BCUT2D eigenvalue weighted by Gasteiger charge is -2.35. The quantitative estimate of drug-likeness (QED) is 0.897. The Morgan fingerprint density at radius 2 is 2.15 bits per heavy atom. The third-order valence-electron chi connectivity index (χ3n) is 4.37. The molecule has 20 heavy (non-hydrogen) atoms. The fourth-order valence-electron chi connectivity index (χ4n) is 3.28. The summed E-state index contributed by atoms with van der Waals surface area (Å²) in [6, 6.07) is 8.76. The van der Waals surface area contributed by atoms with Crippen LogP contribution in [0.2, 0.25) is 0 Å². The summed E-state index contributed by atoms with van der Waals surface area (Å²) in [6.45, 7) is 8.50. The molecule has 1 unspecified atom stereocenters. The van der Waals surface area contributed by atoms with Crippen LogP contribution in [0.5, 0.6) is 0 Å². The van der Waals surface area contributed by atoms with Gasteiger partial charge < -0.3 is 15.0 Å². The highest BCUT2D eigenvalue weighted by atomic mass is 16.5. The maximum Gasteiger partial charge on any atom is 0.0749 e. The second-order valence-electron chi connectivity index (χ2n) is 6.74. The highest BCUT2D eigenvalue weighted by molar-refractivity contribution is 5.55. The van der Waals surface area contributed by atoms with Gasteiger partial charge >= 0.3 is 0 Å². The van der Waals surface area contributed by atoms with Gasteiger partial charge in [0.25, 0.3) is 0 Å². The normalized spacial score (nSPS) is 25.9. The molecule has 2 aliphatic heterocycles.